The highest BCUT2D eigenvalue weighted by molar-refractivity contribution is 6.00. The van der Waals surface area contributed by atoms with Crippen LogP contribution in [0.4, 0.5) is 5.82 Å². The Labute approximate surface area is 145 Å². The summed E-state index contributed by atoms with van der Waals surface area (Å²) in [6.07, 6.45) is 2.30. The molecule has 2 N–H and O–H groups in total. The number of nitrogens with one attached hydrogen (secondary N) is 2. The molecule has 1 atom stereocenters. The third-order valence-corrected chi connectivity index (χ3v) is 3.82. The molecule has 3 rings (SSSR count). The van der Waals surface area contributed by atoms with Crippen LogP contribution in [-0.2, 0) is 0 Å². The molecule has 7 nitrogen and oxygen atoms in total. The molecule has 0 saturated carbocycles. The molecule has 25 heavy (non-hydrogen) atoms. The quantitative estimate of drug-likeness (QED) is 0.786. The summed E-state index contributed by atoms with van der Waals surface area (Å²) < 4.78 is 11.0. The monoisotopic (exact) mass is 338 g/mol. The maximum absolute atomic E-state index is 12.2. The lowest BCUT2D eigenvalue weighted by Crippen LogP contribution is -2.38. The van der Waals surface area contributed by atoms with Gasteiger partial charge in [-0.1, -0.05) is 6.07 Å². The normalized spacial score (nSPS) is 15.4. The minimum atomic E-state index is -0.415. The van der Waals surface area contributed by atoms with Gasteiger partial charge in [-0.2, -0.15) is 5.26 Å². The number of fused-ring (bicyclic) bond motifs is 1. The van der Waals surface area contributed by atoms with E-state index in [-0.39, 0.29) is 5.91 Å². The van der Waals surface area contributed by atoms with E-state index in [9.17, 15) is 4.79 Å². The molecule has 1 amide bonds. The fourth-order valence-electron chi connectivity index (χ4n) is 2.57. The second-order valence-electron chi connectivity index (χ2n) is 5.47. The third kappa shape index (κ3) is 3.63. The van der Waals surface area contributed by atoms with E-state index in [1.807, 2.05) is 12.1 Å². The van der Waals surface area contributed by atoms with Crippen molar-refractivity contribution in [1.82, 2.24) is 10.3 Å². The van der Waals surface area contributed by atoms with E-state index >= 15 is 0 Å². The minimum absolute atomic E-state index is 0.181. The number of aromatic nitrogens is 1. The number of benzene rings is 1. The summed E-state index contributed by atoms with van der Waals surface area (Å²) >= 11 is 0. The molecule has 0 fully saturated rings. The maximum Gasteiger partial charge on any atom is 0.256 e. The van der Waals surface area contributed by atoms with Gasteiger partial charge in [0.15, 0.2) is 11.5 Å². The van der Waals surface area contributed by atoms with Gasteiger partial charge in [0.05, 0.1) is 25.3 Å². The number of ether oxygens (including phenoxy) is 2. The predicted octanol–water partition coefficient (Wildman–Crippen LogP) is 2.63. The van der Waals surface area contributed by atoms with Crippen molar-refractivity contribution in [2.24, 2.45) is 0 Å². The first-order chi connectivity index (χ1) is 12.2. The van der Waals surface area contributed by atoms with Gasteiger partial charge in [-0.3, -0.25) is 4.79 Å². The van der Waals surface area contributed by atoms with Crippen molar-refractivity contribution >= 4 is 11.7 Å². The number of pyridine rings is 1. The first kappa shape index (κ1) is 16.6. The molecule has 1 aliphatic rings. The Hall–Kier alpha value is -3.27. The summed E-state index contributed by atoms with van der Waals surface area (Å²) in [6, 6.07) is 11.0. The second kappa shape index (κ2) is 7.53. The Morgan fingerprint density at radius 3 is 2.96 bits per heavy atom. The lowest BCUT2D eigenvalue weighted by atomic mass is 10.1. The van der Waals surface area contributed by atoms with E-state index in [0.29, 0.717) is 42.3 Å². The van der Waals surface area contributed by atoms with Gasteiger partial charge in [0.25, 0.3) is 5.91 Å². The number of anilines is 1. The fourth-order valence-corrected chi connectivity index (χ4v) is 2.57. The van der Waals surface area contributed by atoms with Crippen molar-refractivity contribution in [2.45, 2.75) is 19.0 Å². The van der Waals surface area contributed by atoms with Crippen LogP contribution in [-0.4, -0.2) is 24.6 Å². The average Bonchev–Trinajstić information content (AvgIpc) is 2.65. The van der Waals surface area contributed by atoms with Gasteiger partial charge in [0, 0.05) is 12.6 Å². The van der Waals surface area contributed by atoms with Crippen molar-refractivity contribution in [1.29, 1.82) is 5.26 Å². The highest BCUT2D eigenvalue weighted by Crippen LogP contribution is 2.32. The molecule has 0 aliphatic carbocycles. The molecule has 2 aromatic rings. The van der Waals surface area contributed by atoms with Gasteiger partial charge in [0.2, 0.25) is 0 Å². The Kier molecular flexibility index (Phi) is 5.00. The van der Waals surface area contributed by atoms with Gasteiger partial charge >= 0.3 is 0 Å². The van der Waals surface area contributed by atoms with Crippen molar-refractivity contribution < 1.29 is 14.3 Å². The summed E-state index contributed by atoms with van der Waals surface area (Å²) in [5.41, 5.74) is 1.33. The SMILES string of the molecule is COc1ccc(C2NC(=O)c3cccnc3N2)cc1OCCCC#N. The number of nitrogens with zero attached hydrogens (tertiary/aromatic N) is 2. The molecule has 1 aromatic heterocycles. The number of methoxy groups -OCH3 is 1. The van der Waals surface area contributed by atoms with Crippen LogP contribution < -0.4 is 20.1 Å². The minimum Gasteiger partial charge on any atom is -0.493 e. The topological polar surface area (TPSA) is 96.3 Å². The Morgan fingerprint density at radius 1 is 1.28 bits per heavy atom. The van der Waals surface area contributed by atoms with Crippen LogP contribution in [0, 0.1) is 11.3 Å². The van der Waals surface area contributed by atoms with Gasteiger partial charge in [-0.15, -0.1) is 0 Å². The molecule has 0 radical (unpaired) electrons. The third-order valence-electron chi connectivity index (χ3n) is 3.82. The van der Waals surface area contributed by atoms with Crippen molar-refractivity contribution in [3.8, 4) is 17.6 Å². The molecule has 0 bridgehead atoms. The van der Waals surface area contributed by atoms with Gasteiger partial charge in [-0.05, 0) is 36.2 Å². The van der Waals surface area contributed by atoms with E-state index in [0.717, 1.165) is 5.56 Å². The van der Waals surface area contributed by atoms with Gasteiger partial charge < -0.3 is 20.1 Å². The first-order valence-corrected chi connectivity index (χ1v) is 7.93. The highest BCUT2D eigenvalue weighted by Gasteiger charge is 2.25. The van der Waals surface area contributed by atoms with Gasteiger partial charge in [-0.25, -0.2) is 4.98 Å². The summed E-state index contributed by atoms with van der Waals surface area (Å²) in [7, 11) is 1.57. The molecule has 1 unspecified atom stereocenters. The molecule has 0 saturated heterocycles. The van der Waals surface area contributed by atoms with Crippen molar-refractivity contribution in [2.75, 3.05) is 19.0 Å². The molecule has 2 heterocycles. The number of rotatable bonds is 6. The predicted molar refractivity (Wildman–Crippen MR) is 91.4 cm³/mol. The molecule has 128 valence electrons. The number of unbranched alkanes of at least 4 members (excludes halogenated alkanes) is 1. The van der Waals surface area contributed by atoms with Gasteiger partial charge in [0.1, 0.15) is 12.0 Å². The molecule has 1 aliphatic heterocycles. The van der Waals surface area contributed by atoms with Crippen LogP contribution in [0.2, 0.25) is 0 Å². The Bertz CT molecular complexity index is 816. The van der Waals surface area contributed by atoms with Crippen molar-refractivity contribution in [3.63, 3.8) is 0 Å². The van der Waals surface area contributed by atoms with E-state index in [1.165, 1.54) is 0 Å². The Balaban J connectivity index is 1.81. The smallest absolute Gasteiger partial charge is 0.256 e. The summed E-state index contributed by atoms with van der Waals surface area (Å²) in [6.45, 7) is 0.419. The number of carbonyl (C=O) groups excluding carboxylic acids is 1. The number of amides is 1. The summed E-state index contributed by atoms with van der Waals surface area (Å²) in [4.78, 5) is 16.5. The van der Waals surface area contributed by atoms with Crippen LogP contribution in [0.5, 0.6) is 11.5 Å². The Morgan fingerprint density at radius 2 is 2.16 bits per heavy atom. The van der Waals surface area contributed by atoms with E-state index in [4.69, 9.17) is 14.7 Å². The summed E-state index contributed by atoms with van der Waals surface area (Å²) in [5.74, 6) is 1.53. The number of nitriles is 1. The number of carbonyl (C=O) groups is 1. The first-order valence-electron chi connectivity index (χ1n) is 7.93. The summed E-state index contributed by atoms with van der Waals surface area (Å²) in [5, 5.41) is 14.7. The van der Waals surface area contributed by atoms with E-state index < -0.39 is 6.17 Å². The second-order valence-corrected chi connectivity index (χ2v) is 5.47. The van der Waals surface area contributed by atoms with Crippen LogP contribution in [0.15, 0.2) is 36.5 Å². The molecule has 7 heteroatoms. The van der Waals surface area contributed by atoms with Crippen LogP contribution >= 0.6 is 0 Å². The van der Waals surface area contributed by atoms with E-state index in [1.54, 1.807) is 31.5 Å². The number of hydrogen-bond acceptors (Lipinski definition) is 6. The van der Waals surface area contributed by atoms with Crippen LogP contribution in [0.1, 0.15) is 34.9 Å². The van der Waals surface area contributed by atoms with E-state index in [2.05, 4.69) is 21.7 Å². The number of hydrogen-bond donors (Lipinski definition) is 2. The zero-order valence-electron chi connectivity index (χ0n) is 13.8. The van der Waals surface area contributed by atoms with Crippen molar-refractivity contribution in [3.05, 3.63) is 47.7 Å². The van der Waals surface area contributed by atoms with Crippen LogP contribution in [0.3, 0.4) is 0 Å². The zero-order chi connectivity index (χ0) is 17.6. The molecular weight excluding hydrogens is 320 g/mol. The lowest BCUT2D eigenvalue weighted by Gasteiger charge is -2.27. The standard InChI is InChI=1S/C18H18N4O3/c1-24-14-7-6-12(11-15(14)25-10-3-2-8-19)16-21-17-13(18(23)22-16)5-4-9-20-17/h4-7,9,11,16H,2-3,10H2,1H3,(H,20,21)(H,22,23). The van der Waals surface area contributed by atoms with Crippen LogP contribution in [0.25, 0.3) is 0 Å². The fraction of sp³-hybridized carbons (Fsp3) is 0.278. The highest BCUT2D eigenvalue weighted by atomic mass is 16.5. The molecule has 1 aromatic carbocycles. The molecular formula is C18H18N4O3. The largest absolute Gasteiger partial charge is 0.493 e. The zero-order valence-corrected chi connectivity index (χ0v) is 13.8. The average molecular weight is 338 g/mol. The maximum atomic E-state index is 12.2. The lowest BCUT2D eigenvalue weighted by molar-refractivity contribution is 0.0935. The molecule has 0 spiro atoms.